The molecular weight excluding hydrogens is 392 g/mol. The Labute approximate surface area is 185 Å². The molecule has 1 heterocycles. The van der Waals surface area contributed by atoms with Gasteiger partial charge in [0, 0.05) is 12.3 Å². The Hall–Kier alpha value is -2.43. The van der Waals surface area contributed by atoms with Crippen molar-refractivity contribution in [2.75, 3.05) is 0 Å². The molecule has 1 saturated heterocycles. The number of cyclic esters (lactones) is 1. The highest BCUT2D eigenvalue weighted by atomic mass is 16.6. The predicted octanol–water partition coefficient (Wildman–Crippen LogP) is 5.29. The van der Waals surface area contributed by atoms with Crippen LogP contribution in [0.5, 0.6) is 0 Å². The second-order valence-electron chi connectivity index (χ2n) is 10.4. The molecule has 3 atom stereocenters. The molecule has 0 aromatic heterocycles. The Morgan fingerprint density at radius 2 is 1.84 bits per heavy atom. The zero-order valence-electron chi connectivity index (χ0n) is 19.3. The quantitative estimate of drug-likeness (QED) is 0.473. The third-order valence-corrected chi connectivity index (χ3v) is 6.44. The Balaban J connectivity index is 1.92. The lowest BCUT2D eigenvalue weighted by molar-refractivity contribution is -0.186. The van der Waals surface area contributed by atoms with Gasteiger partial charge < -0.3 is 14.3 Å². The zero-order chi connectivity index (χ0) is 22.8. The Morgan fingerprint density at radius 1 is 1.16 bits per heavy atom. The standard InChI is InChI=1S/C26H34O5/c1-17(27)13-19-11-12-25(2,3)16-21(19)14-20-15-22(28)31-26(4,5)23(20)30-24(29)18-9-7-6-8-10-18/h6-10,14,19-20,23H,11-13,15-16H2,1-5H3/b21-14-/t19-,20-,23+/m0/s1. The maximum absolute atomic E-state index is 12.8. The van der Waals surface area contributed by atoms with E-state index in [1.807, 2.05) is 6.07 Å². The molecule has 0 bridgehead atoms. The largest absolute Gasteiger partial charge is 0.456 e. The number of Topliss-reactive ketones (excluding diaryl/α,β-unsaturated/α-hetero) is 1. The maximum atomic E-state index is 12.8. The molecule has 1 aromatic carbocycles. The molecule has 0 N–H and O–H groups in total. The summed E-state index contributed by atoms with van der Waals surface area (Å²) in [5, 5.41) is 0. The van der Waals surface area contributed by atoms with Crippen LogP contribution in [0.25, 0.3) is 0 Å². The van der Waals surface area contributed by atoms with E-state index in [4.69, 9.17) is 9.47 Å². The number of hydrogen-bond acceptors (Lipinski definition) is 5. The number of benzene rings is 1. The fourth-order valence-corrected chi connectivity index (χ4v) is 4.93. The number of hydrogen-bond donors (Lipinski definition) is 0. The van der Waals surface area contributed by atoms with E-state index in [2.05, 4.69) is 19.9 Å². The van der Waals surface area contributed by atoms with Crippen molar-refractivity contribution in [3.05, 3.63) is 47.5 Å². The summed E-state index contributed by atoms with van der Waals surface area (Å²) in [5.74, 6) is -0.660. The monoisotopic (exact) mass is 426 g/mol. The Kier molecular flexibility index (Phi) is 6.73. The highest BCUT2D eigenvalue weighted by Gasteiger charge is 2.47. The summed E-state index contributed by atoms with van der Waals surface area (Å²) in [6.45, 7) is 9.67. The summed E-state index contributed by atoms with van der Waals surface area (Å²) in [7, 11) is 0. The molecule has 3 rings (SSSR count). The van der Waals surface area contributed by atoms with Crippen molar-refractivity contribution in [1.29, 1.82) is 0 Å². The smallest absolute Gasteiger partial charge is 0.338 e. The Bertz CT molecular complexity index is 865. The molecule has 2 aliphatic rings. The van der Waals surface area contributed by atoms with Gasteiger partial charge in [0.25, 0.3) is 0 Å². The number of carbonyl (C=O) groups excluding carboxylic acids is 3. The van der Waals surface area contributed by atoms with Crippen LogP contribution in [0.15, 0.2) is 42.0 Å². The van der Waals surface area contributed by atoms with Crippen molar-refractivity contribution >= 4 is 17.7 Å². The number of ketones is 1. The van der Waals surface area contributed by atoms with E-state index >= 15 is 0 Å². The van der Waals surface area contributed by atoms with E-state index in [0.29, 0.717) is 12.0 Å². The van der Waals surface area contributed by atoms with Gasteiger partial charge in [-0.25, -0.2) is 4.79 Å². The van der Waals surface area contributed by atoms with Crippen molar-refractivity contribution in [2.24, 2.45) is 17.3 Å². The minimum Gasteiger partial charge on any atom is -0.456 e. The van der Waals surface area contributed by atoms with Crippen LogP contribution in [0, 0.1) is 17.3 Å². The summed E-state index contributed by atoms with van der Waals surface area (Å²) in [6, 6.07) is 8.85. The number of esters is 2. The lowest BCUT2D eigenvalue weighted by atomic mass is 9.68. The lowest BCUT2D eigenvalue weighted by Gasteiger charge is -2.42. The predicted molar refractivity (Wildman–Crippen MR) is 118 cm³/mol. The molecule has 0 amide bonds. The zero-order valence-corrected chi connectivity index (χ0v) is 19.3. The normalized spacial score (nSPS) is 28.6. The van der Waals surface area contributed by atoms with Crippen LogP contribution in [0.4, 0.5) is 0 Å². The molecule has 31 heavy (non-hydrogen) atoms. The molecule has 168 valence electrons. The van der Waals surface area contributed by atoms with Gasteiger partial charge in [0.05, 0.1) is 12.0 Å². The minimum absolute atomic E-state index is 0.139. The van der Waals surface area contributed by atoms with Gasteiger partial charge in [-0.1, -0.05) is 43.7 Å². The van der Waals surface area contributed by atoms with Crippen molar-refractivity contribution < 1.29 is 23.9 Å². The van der Waals surface area contributed by atoms with Gasteiger partial charge in [-0.3, -0.25) is 4.79 Å². The third-order valence-electron chi connectivity index (χ3n) is 6.44. The molecule has 2 fully saturated rings. The van der Waals surface area contributed by atoms with Crippen LogP contribution in [0.1, 0.15) is 77.1 Å². The summed E-state index contributed by atoms with van der Waals surface area (Å²) >= 11 is 0. The molecule has 0 spiro atoms. The van der Waals surface area contributed by atoms with Gasteiger partial charge in [-0.15, -0.1) is 0 Å². The van der Waals surface area contributed by atoms with Gasteiger partial charge in [0.1, 0.15) is 17.5 Å². The van der Waals surface area contributed by atoms with Crippen molar-refractivity contribution in [2.45, 2.75) is 78.4 Å². The van der Waals surface area contributed by atoms with Crippen LogP contribution in [-0.2, 0) is 19.1 Å². The summed E-state index contributed by atoms with van der Waals surface area (Å²) in [5.41, 5.74) is 0.861. The molecule has 1 aliphatic heterocycles. The van der Waals surface area contributed by atoms with Gasteiger partial charge in [0.15, 0.2) is 0 Å². The van der Waals surface area contributed by atoms with Crippen LogP contribution >= 0.6 is 0 Å². The number of allylic oxidation sites excluding steroid dienone is 1. The highest BCUT2D eigenvalue weighted by Crippen LogP contribution is 2.45. The number of carbonyl (C=O) groups is 3. The highest BCUT2D eigenvalue weighted by molar-refractivity contribution is 5.89. The van der Waals surface area contributed by atoms with Crippen molar-refractivity contribution in [3.8, 4) is 0 Å². The van der Waals surface area contributed by atoms with Gasteiger partial charge in [-0.2, -0.15) is 0 Å². The first-order valence-electron chi connectivity index (χ1n) is 11.1. The second kappa shape index (κ2) is 8.97. The molecule has 5 heteroatoms. The van der Waals surface area contributed by atoms with E-state index in [0.717, 1.165) is 19.3 Å². The van der Waals surface area contributed by atoms with E-state index in [-0.39, 0.29) is 35.4 Å². The van der Waals surface area contributed by atoms with Gasteiger partial charge in [0.2, 0.25) is 0 Å². The summed E-state index contributed by atoms with van der Waals surface area (Å²) in [4.78, 5) is 37.0. The molecule has 0 radical (unpaired) electrons. The van der Waals surface area contributed by atoms with E-state index in [1.165, 1.54) is 5.57 Å². The Morgan fingerprint density at radius 3 is 2.48 bits per heavy atom. The molecule has 1 saturated carbocycles. The first-order chi connectivity index (χ1) is 14.5. The van der Waals surface area contributed by atoms with E-state index in [9.17, 15) is 14.4 Å². The number of rotatable bonds is 5. The van der Waals surface area contributed by atoms with Crippen molar-refractivity contribution in [1.82, 2.24) is 0 Å². The van der Waals surface area contributed by atoms with Crippen LogP contribution < -0.4 is 0 Å². The maximum Gasteiger partial charge on any atom is 0.338 e. The third kappa shape index (κ3) is 5.84. The summed E-state index contributed by atoms with van der Waals surface area (Å²) in [6.07, 6.45) is 5.06. The van der Waals surface area contributed by atoms with Gasteiger partial charge >= 0.3 is 11.9 Å². The van der Waals surface area contributed by atoms with E-state index in [1.54, 1.807) is 45.0 Å². The number of ether oxygens (including phenoxy) is 2. The molecule has 0 unspecified atom stereocenters. The first-order valence-corrected chi connectivity index (χ1v) is 11.1. The fourth-order valence-electron chi connectivity index (χ4n) is 4.93. The SMILES string of the molecule is CC(=O)C[C@@H]1CCC(C)(C)C/C1=C/[C@H]1CC(=O)OC(C)(C)[C@@H]1OC(=O)c1ccccc1. The second-order valence-corrected chi connectivity index (χ2v) is 10.4. The van der Waals surface area contributed by atoms with E-state index < -0.39 is 17.7 Å². The lowest BCUT2D eigenvalue weighted by Crippen LogP contribution is -2.52. The van der Waals surface area contributed by atoms with Gasteiger partial charge in [-0.05, 0) is 63.5 Å². The average Bonchev–Trinajstić information content (AvgIpc) is 2.66. The summed E-state index contributed by atoms with van der Waals surface area (Å²) < 4.78 is 11.5. The topological polar surface area (TPSA) is 69.7 Å². The molecule has 5 nitrogen and oxygen atoms in total. The molecule has 1 aliphatic carbocycles. The van der Waals surface area contributed by atoms with Crippen molar-refractivity contribution in [3.63, 3.8) is 0 Å². The minimum atomic E-state index is -0.943. The van der Waals surface area contributed by atoms with Crippen LogP contribution in [0.3, 0.4) is 0 Å². The fraction of sp³-hybridized carbons (Fsp3) is 0.577. The average molecular weight is 427 g/mol. The molecule has 1 aromatic rings. The molecular formula is C26H34O5. The van der Waals surface area contributed by atoms with Crippen LogP contribution in [0.2, 0.25) is 0 Å². The van der Waals surface area contributed by atoms with Crippen LogP contribution in [-0.4, -0.2) is 29.4 Å². The first kappa shape index (κ1) is 23.2.